The number of halogens is 2. The molecule has 0 aliphatic heterocycles. The minimum absolute atomic E-state index is 0.0547. The van der Waals surface area contributed by atoms with Crippen molar-refractivity contribution in [2.45, 2.75) is 18.9 Å². The van der Waals surface area contributed by atoms with E-state index in [0.717, 1.165) is 15.6 Å². The summed E-state index contributed by atoms with van der Waals surface area (Å²) < 4.78 is 29.6. The van der Waals surface area contributed by atoms with Crippen molar-refractivity contribution in [3.8, 4) is 0 Å². The normalized spacial score (nSPS) is 11.7. The maximum Gasteiger partial charge on any atom is 0.280 e. The molecule has 0 atom stereocenters. The molecule has 0 bridgehead atoms. The SMILES string of the molecule is Cc1cc(Br)cc(C)c1NS(=O)(=O)c1c(Cl)cnn1C. The molecule has 0 aliphatic carbocycles. The minimum atomic E-state index is -3.79. The Morgan fingerprint density at radius 3 is 2.30 bits per heavy atom. The van der Waals surface area contributed by atoms with E-state index in [9.17, 15) is 8.42 Å². The van der Waals surface area contributed by atoms with Crippen LogP contribution in [-0.2, 0) is 17.1 Å². The zero-order chi connectivity index (χ0) is 15.1. The number of anilines is 1. The Morgan fingerprint density at radius 1 is 1.30 bits per heavy atom. The molecule has 2 aromatic rings. The second-order valence-corrected chi connectivity index (χ2v) is 7.36. The van der Waals surface area contributed by atoms with Gasteiger partial charge in [0, 0.05) is 11.5 Å². The van der Waals surface area contributed by atoms with Gasteiger partial charge in [-0.2, -0.15) is 13.5 Å². The number of aryl methyl sites for hydroxylation is 3. The van der Waals surface area contributed by atoms with E-state index in [1.54, 1.807) is 0 Å². The molecule has 1 aromatic heterocycles. The number of nitrogens with zero attached hydrogens (tertiary/aromatic N) is 2. The van der Waals surface area contributed by atoms with E-state index in [2.05, 4.69) is 25.8 Å². The van der Waals surface area contributed by atoms with E-state index in [1.165, 1.54) is 17.9 Å². The van der Waals surface area contributed by atoms with Crippen LogP contribution in [-0.4, -0.2) is 18.2 Å². The van der Waals surface area contributed by atoms with Crippen molar-refractivity contribution in [3.63, 3.8) is 0 Å². The Hall–Kier alpha value is -1.05. The van der Waals surface area contributed by atoms with Crippen LogP contribution in [0.3, 0.4) is 0 Å². The Morgan fingerprint density at radius 2 is 1.85 bits per heavy atom. The molecule has 1 N–H and O–H groups in total. The van der Waals surface area contributed by atoms with Gasteiger partial charge in [0.2, 0.25) is 0 Å². The Bertz CT molecular complexity index is 728. The predicted molar refractivity (Wildman–Crippen MR) is 82.6 cm³/mol. The van der Waals surface area contributed by atoms with Gasteiger partial charge in [0.05, 0.1) is 16.9 Å². The summed E-state index contributed by atoms with van der Waals surface area (Å²) in [5, 5.41) is 3.88. The van der Waals surface area contributed by atoms with E-state index < -0.39 is 10.0 Å². The van der Waals surface area contributed by atoms with Gasteiger partial charge in [0.25, 0.3) is 10.0 Å². The van der Waals surface area contributed by atoms with Crippen molar-refractivity contribution in [3.05, 3.63) is 39.0 Å². The number of rotatable bonds is 3. The second-order valence-electron chi connectivity index (χ2n) is 4.44. The first kappa shape index (κ1) is 15.3. The summed E-state index contributed by atoms with van der Waals surface area (Å²) in [6, 6.07) is 3.69. The number of hydrogen-bond acceptors (Lipinski definition) is 3. The Balaban J connectivity index is 2.50. The molecule has 1 aromatic carbocycles. The summed E-state index contributed by atoms with van der Waals surface area (Å²) in [5.74, 6) is 0. The van der Waals surface area contributed by atoms with Crippen molar-refractivity contribution in [2.75, 3.05) is 4.72 Å². The zero-order valence-electron chi connectivity index (χ0n) is 11.1. The van der Waals surface area contributed by atoms with Crippen LogP contribution in [0.1, 0.15) is 11.1 Å². The quantitative estimate of drug-likeness (QED) is 0.891. The summed E-state index contributed by atoms with van der Waals surface area (Å²) in [6.07, 6.45) is 1.30. The lowest BCUT2D eigenvalue weighted by Gasteiger charge is -2.14. The fourth-order valence-corrected chi connectivity index (χ4v) is 4.51. The van der Waals surface area contributed by atoms with Gasteiger partial charge in [-0.3, -0.25) is 9.40 Å². The van der Waals surface area contributed by atoms with Crippen LogP contribution in [0, 0.1) is 13.8 Å². The summed E-state index contributed by atoms with van der Waals surface area (Å²) >= 11 is 9.27. The predicted octanol–water partition coefficient (Wildman–Crippen LogP) is 3.25. The molecule has 0 spiro atoms. The standard InChI is InChI=1S/C12H13BrClN3O2S/c1-7-4-9(13)5-8(2)11(7)16-20(18,19)12-10(14)6-15-17(12)3/h4-6,16H,1-3H3. The third-order valence-electron chi connectivity index (χ3n) is 2.83. The van der Waals surface area contributed by atoms with Crippen molar-refractivity contribution in [1.82, 2.24) is 9.78 Å². The number of benzene rings is 1. The van der Waals surface area contributed by atoms with E-state index in [1.807, 2.05) is 26.0 Å². The van der Waals surface area contributed by atoms with E-state index >= 15 is 0 Å². The van der Waals surface area contributed by atoms with Crippen molar-refractivity contribution < 1.29 is 8.42 Å². The lowest BCUT2D eigenvalue weighted by molar-refractivity contribution is 0.582. The van der Waals surface area contributed by atoms with Crippen molar-refractivity contribution >= 4 is 43.2 Å². The molecule has 1 heterocycles. The molecule has 8 heteroatoms. The fourth-order valence-electron chi connectivity index (χ4n) is 1.96. The number of nitrogens with one attached hydrogen (secondary N) is 1. The average molecular weight is 379 g/mol. The topological polar surface area (TPSA) is 64.0 Å². The first-order valence-electron chi connectivity index (χ1n) is 5.69. The van der Waals surface area contributed by atoms with Gasteiger partial charge >= 0.3 is 0 Å². The highest BCUT2D eigenvalue weighted by molar-refractivity contribution is 9.10. The third-order valence-corrected chi connectivity index (χ3v) is 5.14. The van der Waals surface area contributed by atoms with Gasteiger partial charge in [0.15, 0.2) is 5.03 Å². The van der Waals surface area contributed by atoms with Gasteiger partial charge in [-0.05, 0) is 37.1 Å². The van der Waals surface area contributed by atoms with Crippen LogP contribution >= 0.6 is 27.5 Å². The highest BCUT2D eigenvalue weighted by atomic mass is 79.9. The lowest BCUT2D eigenvalue weighted by Crippen LogP contribution is -2.18. The molecular formula is C12H13BrClN3O2S. The molecule has 0 saturated heterocycles. The molecule has 0 radical (unpaired) electrons. The van der Waals surface area contributed by atoms with Crippen LogP contribution in [0.25, 0.3) is 0 Å². The summed E-state index contributed by atoms with van der Waals surface area (Å²) in [7, 11) is -2.26. The number of hydrogen-bond donors (Lipinski definition) is 1. The molecule has 0 aliphatic rings. The van der Waals surface area contributed by atoms with E-state index in [0.29, 0.717) is 5.69 Å². The van der Waals surface area contributed by atoms with Crippen LogP contribution in [0.4, 0.5) is 5.69 Å². The minimum Gasteiger partial charge on any atom is -0.278 e. The third kappa shape index (κ3) is 2.84. The molecule has 5 nitrogen and oxygen atoms in total. The van der Waals surface area contributed by atoms with Crippen LogP contribution in [0.15, 0.2) is 27.8 Å². The summed E-state index contributed by atoms with van der Waals surface area (Å²) in [6.45, 7) is 3.67. The van der Waals surface area contributed by atoms with Crippen LogP contribution in [0.5, 0.6) is 0 Å². The maximum atomic E-state index is 12.4. The van der Waals surface area contributed by atoms with Gasteiger partial charge < -0.3 is 0 Å². The average Bonchev–Trinajstić information content (AvgIpc) is 2.64. The van der Waals surface area contributed by atoms with Crippen molar-refractivity contribution in [2.24, 2.45) is 7.05 Å². The molecule has 20 heavy (non-hydrogen) atoms. The van der Waals surface area contributed by atoms with Gasteiger partial charge in [-0.25, -0.2) is 0 Å². The van der Waals surface area contributed by atoms with E-state index in [4.69, 9.17) is 11.6 Å². The monoisotopic (exact) mass is 377 g/mol. The fraction of sp³-hybridized carbons (Fsp3) is 0.250. The first-order valence-corrected chi connectivity index (χ1v) is 8.35. The second kappa shape index (κ2) is 5.38. The first-order chi connectivity index (χ1) is 9.22. The Labute approximate surface area is 131 Å². The smallest absolute Gasteiger partial charge is 0.278 e. The molecule has 0 saturated carbocycles. The summed E-state index contributed by atoms with van der Waals surface area (Å²) in [5.41, 5.74) is 2.18. The Kier molecular flexibility index (Phi) is 4.13. The molecule has 0 amide bonds. The molecule has 2 rings (SSSR count). The van der Waals surface area contributed by atoms with Crippen molar-refractivity contribution in [1.29, 1.82) is 0 Å². The number of sulfonamides is 1. The van der Waals surface area contributed by atoms with Gasteiger partial charge in [-0.15, -0.1) is 0 Å². The van der Waals surface area contributed by atoms with Crippen LogP contribution in [0.2, 0.25) is 5.02 Å². The largest absolute Gasteiger partial charge is 0.280 e. The summed E-state index contributed by atoms with van der Waals surface area (Å²) in [4.78, 5) is 0. The molecule has 0 unspecified atom stereocenters. The van der Waals surface area contributed by atoms with E-state index in [-0.39, 0.29) is 10.0 Å². The highest BCUT2D eigenvalue weighted by Crippen LogP contribution is 2.29. The molecule has 108 valence electrons. The highest BCUT2D eigenvalue weighted by Gasteiger charge is 2.24. The van der Waals surface area contributed by atoms with Gasteiger partial charge in [0.1, 0.15) is 0 Å². The maximum absolute atomic E-state index is 12.4. The van der Waals surface area contributed by atoms with Gasteiger partial charge in [-0.1, -0.05) is 27.5 Å². The lowest BCUT2D eigenvalue weighted by atomic mass is 10.1. The number of aromatic nitrogens is 2. The molecular weight excluding hydrogens is 366 g/mol. The molecule has 0 fully saturated rings. The zero-order valence-corrected chi connectivity index (χ0v) is 14.3. The van der Waals surface area contributed by atoms with Crippen LogP contribution < -0.4 is 4.72 Å².